The predicted molar refractivity (Wildman–Crippen MR) is 109 cm³/mol. The van der Waals surface area contributed by atoms with E-state index in [1.54, 1.807) is 0 Å². The monoisotopic (exact) mass is 445 g/mol. The fraction of sp³-hybridized carbons (Fsp3) is 0.188. The van der Waals surface area contributed by atoms with E-state index in [0.717, 1.165) is 18.2 Å². The lowest BCUT2D eigenvalue weighted by Gasteiger charge is -2.19. The molecule has 1 heterocycles. The van der Waals surface area contributed by atoms with Gasteiger partial charge in [0.05, 0.1) is 16.5 Å². The second-order valence-corrected chi connectivity index (χ2v) is 10.4. The highest BCUT2D eigenvalue weighted by Gasteiger charge is 2.28. The molecule has 0 aliphatic carbocycles. The minimum atomic E-state index is -4.15. The number of anilines is 1. The summed E-state index contributed by atoms with van der Waals surface area (Å²) in [5.74, 6) is 1.42. The van der Waals surface area contributed by atoms with E-state index in [9.17, 15) is 16.8 Å². The number of nitrogens with zero attached hydrogens (tertiary/aromatic N) is 1. The van der Waals surface area contributed by atoms with Crippen LogP contribution in [0.2, 0.25) is 5.02 Å². The van der Waals surface area contributed by atoms with Crippen LogP contribution >= 0.6 is 23.4 Å². The number of primary sulfonamides is 1. The van der Waals surface area contributed by atoms with E-state index in [0.29, 0.717) is 5.75 Å². The van der Waals surface area contributed by atoms with Crippen molar-refractivity contribution in [2.75, 3.05) is 16.8 Å². The van der Waals surface area contributed by atoms with Crippen molar-refractivity contribution in [2.45, 2.75) is 16.2 Å². The molecule has 11 heteroatoms. The van der Waals surface area contributed by atoms with Gasteiger partial charge in [-0.1, -0.05) is 41.9 Å². The fourth-order valence-electron chi connectivity index (χ4n) is 2.50. The van der Waals surface area contributed by atoms with Crippen LogP contribution in [0.15, 0.2) is 56.7 Å². The molecule has 0 atom stereocenters. The maximum Gasteiger partial charge on any atom is 0.286 e. The van der Waals surface area contributed by atoms with Gasteiger partial charge in [0, 0.05) is 0 Å². The number of nitrogens with two attached hydrogens (primary N) is 1. The largest absolute Gasteiger partial charge is 0.341 e. The number of hydrogen-bond donors (Lipinski definition) is 2. The van der Waals surface area contributed by atoms with Gasteiger partial charge in [0.15, 0.2) is 0 Å². The van der Waals surface area contributed by atoms with Crippen molar-refractivity contribution in [3.05, 3.63) is 53.1 Å². The standard InChI is InChI=1S/C16H16ClN3O4S3/c17-12-8-13-15(9-14(12)26(18,21)22)27(23,24)20-16(19-13)10-25-7-6-11-4-2-1-3-5-11/h1-5,8-9H,6-7,10H2,(H,19,20)(H2,18,21,22). The number of nitrogens with one attached hydrogen (secondary N) is 1. The predicted octanol–water partition coefficient (Wildman–Crippen LogP) is 2.48. The van der Waals surface area contributed by atoms with E-state index < -0.39 is 24.9 Å². The quantitative estimate of drug-likeness (QED) is 0.659. The van der Waals surface area contributed by atoms with Gasteiger partial charge in [0.1, 0.15) is 15.6 Å². The summed E-state index contributed by atoms with van der Waals surface area (Å²) in [7, 11) is -8.20. The van der Waals surface area contributed by atoms with Gasteiger partial charge >= 0.3 is 0 Å². The third kappa shape index (κ3) is 4.82. The number of sulfonamides is 2. The third-order valence-corrected chi connectivity index (χ3v) is 7.44. The van der Waals surface area contributed by atoms with Gasteiger partial charge < -0.3 is 5.32 Å². The highest BCUT2D eigenvalue weighted by Crippen LogP contribution is 2.34. The molecular weight excluding hydrogens is 430 g/mol. The van der Waals surface area contributed by atoms with Crippen LogP contribution in [-0.2, 0) is 26.5 Å². The van der Waals surface area contributed by atoms with Crippen LogP contribution < -0.4 is 10.5 Å². The van der Waals surface area contributed by atoms with Crippen molar-refractivity contribution in [2.24, 2.45) is 9.54 Å². The minimum Gasteiger partial charge on any atom is -0.341 e. The van der Waals surface area contributed by atoms with Crippen molar-refractivity contribution >= 4 is 54.9 Å². The average Bonchev–Trinajstić information content (AvgIpc) is 2.57. The fourth-order valence-corrected chi connectivity index (χ4v) is 5.77. The molecule has 3 rings (SSSR count). The van der Waals surface area contributed by atoms with E-state index in [1.807, 2.05) is 30.3 Å². The van der Waals surface area contributed by atoms with Crippen LogP contribution in [0, 0.1) is 0 Å². The summed E-state index contributed by atoms with van der Waals surface area (Å²) in [5, 5.41) is 7.81. The Morgan fingerprint density at radius 3 is 2.56 bits per heavy atom. The summed E-state index contributed by atoms with van der Waals surface area (Å²) in [6, 6.07) is 12.1. The number of halogens is 1. The summed E-state index contributed by atoms with van der Waals surface area (Å²) in [4.78, 5) is -0.724. The molecule has 0 saturated heterocycles. The number of benzene rings is 2. The number of thioether (sulfide) groups is 1. The Balaban J connectivity index is 1.74. The Bertz CT molecular complexity index is 1100. The molecule has 0 amide bonds. The molecule has 1 aliphatic rings. The second-order valence-electron chi connectivity index (χ2n) is 5.75. The van der Waals surface area contributed by atoms with Gasteiger partial charge in [-0.15, -0.1) is 4.40 Å². The Kier molecular flexibility index (Phi) is 5.82. The van der Waals surface area contributed by atoms with Crippen LogP contribution in [0.25, 0.3) is 0 Å². The van der Waals surface area contributed by atoms with E-state index in [-0.39, 0.29) is 21.4 Å². The van der Waals surface area contributed by atoms with Crippen molar-refractivity contribution in [1.29, 1.82) is 0 Å². The second kappa shape index (κ2) is 7.80. The molecule has 144 valence electrons. The Labute approximate surface area is 167 Å². The molecule has 1 aliphatic heterocycles. The van der Waals surface area contributed by atoms with Crippen LogP contribution in [0.1, 0.15) is 5.56 Å². The van der Waals surface area contributed by atoms with Crippen molar-refractivity contribution < 1.29 is 16.8 Å². The van der Waals surface area contributed by atoms with Crippen LogP contribution in [0.3, 0.4) is 0 Å². The molecule has 0 radical (unpaired) electrons. The molecular formula is C16H16ClN3O4S3. The van der Waals surface area contributed by atoms with E-state index in [1.165, 1.54) is 23.4 Å². The minimum absolute atomic E-state index is 0.156. The molecule has 2 aromatic carbocycles. The highest BCUT2D eigenvalue weighted by molar-refractivity contribution is 8.00. The third-order valence-electron chi connectivity index (χ3n) is 3.74. The summed E-state index contributed by atoms with van der Waals surface area (Å²) < 4.78 is 51.6. The van der Waals surface area contributed by atoms with Crippen LogP contribution in [0.4, 0.5) is 5.69 Å². The zero-order chi connectivity index (χ0) is 19.7. The van der Waals surface area contributed by atoms with E-state index in [4.69, 9.17) is 16.7 Å². The normalized spacial score (nSPS) is 15.6. The topological polar surface area (TPSA) is 119 Å². The van der Waals surface area contributed by atoms with Gasteiger partial charge in [0.2, 0.25) is 10.0 Å². The molecule has 27 heavy (non-hydrogen) atoms. The lowest BCUT2D eigenvalue weighted by atomic mass is 10.2. The zero-order valence-electron chi connectivity index (χ0n) is 13.9. The van der Waals surface area contributed by atoms with Crippen molar-refractivity contribution in [3.8, 4) is 0 Å². The number of hydrogen-bond acceptors (Lipinski definition) is 6. The van der Waals surface area contributed by atoms with Gasteiger partial charge in [-0.2, -0.15) is 20.2 Å². The maximum atomic E-state index is 12.4. The number of fused-ring (bicyclic) bond motifs is 1. The number of aryl methyl sites for hydroxylation is 1. The highest BCUT2D eigenvalue weighted by atomic mass is 35.5. The SMILES string of the molecule is NS(=O)(=O)c1cc2c(cc1Cl)NC(CSCCc1ccccc1)=NS2(=O)=O. The first-order valence-electron chi connectivity index (χ1n) is 7.76. The van der Waals surface area contributed by atoms with Crippen molar-refractivity contribution in [3.63, 3.8) is 0 Å². The zero-order valence-corrected chi connectivity index (χ0v) is 17.1. The summed E-state index contributed by atoms with van der Waals surface area (Å²) >= 11 is 7.48. The molecule has 0 saturated carbocycles. The molecule has 0 aromatic heterocycles. The lowest BCUT2D eigenvalue weighted by Crippen LogP contribution is -2.24. The van der Waals surface area contributed by atoms with Crippen LogP contribution in [0.5, 0.6) is 0 Å². The number of rotatable bonds is 6. The van der Waals surface area contributed by atoms with E-state index in [2.05, 4.69) is 9.71 Å². The van der Waals surface area contributed by atoms with E-state index >= 15 is 0 Å². The van der Waals surface area contributed by atoms with Gasteiger partial charge in [-0.25, -0.2) is 13.6 Å². The average molecular weight is 446 g/mol. The molecule has 0 unspecified atom stereocenters. The first-order chi connectivity index (χ1) is 12.7. The first kappa shape index (κ1) is 20.2. The smallest absolute Gasteiger partial charge is 0.286 e. The summed E-state index contributed by atoms with van der Waals surface area (Å²) in [6.07, 6.45) is 0.853. The lowest BCUT2D eigenvalue weighted by molar-refractivity contribution is 0.596. The molecule has 3 N–H and O–H groups in total. The Hall–Kier alpha value is -1.59. The van der Waals surface area contributed by atoms with Crippen molar-refractivity contribution in [1.82, 2.24) is 0 Å². The summed E-state index contributed by atoms with van der Waals surface area (Å²) in [5.41, 5.74) is 1.38. The summed E-state index contributed by atoms with van der Waals surface area (Å²) in [6.45, 7) is 0. The maximum absolute atomic E-state index is 12.4. The van der Waals surface area contributed by atoms with Gasteiger partial charge in [-0.3, -0.25) is 0 Å². The van der Waals surface area contributed by atoms with Crippen LogP contribution in [-0.4, -0.2) is 34.2 Å². The number of amidine groups is 1. The molecule has 7 nitrogen and oxygen atoms in total. The Morgan fingerprint density at radius 2 is 1.89 bits per heavy atom. The first-order valence-corrected chi connectivity index (χ1v) is 12.3. The van der Waals surface area contributed by atoms with Gasteiger partial charge in [0.25, 0.3) is 10.0 Å². The Morgan fingerprint density at radius 1 is 1.19 bits per heavy atom. The van der Waals surface area contributed by atoms with Gasteiger partial charge in [-0.05, 0) is 29.9 Å². The molecule has 0 fully saturated rings. The molecule has 2 aromatic rings. The molecule has 0 spiro atoms. The molecule has 0 bridgehead atoms.